The molecule has 17 heavy (non-hydrogen) atoms. The predicted octanol–water partition coefficient (Wildman–Crippen LogP) is 0.738. The zero-order chi connectivity index (χ0) is 13.6. The van der Waals surface area contributed by atoms with Gasteiger partial charge in [0.15, 0.2) is 0 Å². The molecule has 0 rings (SSSR count). The molecule has 0 heterocycles. The first-order valence-electron chi connectivity index (χ1n) is 5.79. The number of hydrogen-bond acceptors (Lipinski definition) is 3. The summed E-state index contributed by atoms with van der Waals surface area (Å²) in [7, 11) is 3.35. The number of nitrogens with zero attached hydrogens (tertiary/aromatic N) is 2. The largest absolute Gasteiger partial charge is 0.366 e. The van der Waals surface area contributed by atoms with Crippen molar-refractivity contribution in [2.45, 2.75) is 33.3 Å². The number of ether oxygens (including phenoxy) is 1. The number of carbonyl (C=O) groups is 2. The van der Waals surface area contributed by atoms with E-state index in [9.17, 15) is 9.59 Å². The van der Waals surface area contributed by atoms with E-state index in [1.54, 1.807) is 14.1 Å². The van der Waals surface area contributed by atoms with Gasteiger partial charge in [0.25, 0.3) is 0 Å². The number of rotatable bonds is 5. The Bertz CT molecular complexity index is 269. The van der Waals surface area contributed by atoms with E-state index in [2.05, 4.69) is 0 Å². The van der Waals surface area contributed by atoms with Crippen molar-refractivity contribution in [3.05, 3.63) is 0 Å². The number of likely N-dealkylation sites (N-methyl/N-ethyl adjacent to an activating group) is 2. The van der Waals surface area contributed by atoms with Gasteiger partial charge < -0.3 is 14.5 Å². The monoisotopic (exact) mass is 244 g/mol. The van der Waals surface area contributed by atoms with E-state index in [-0.39, 0.29) is 30.6 Å². The topological polar surface area (TPSA) is 49.9 Å². The zero-order valence-electron chi connectivity index (χ0n) is 11.7. The molecular weight excluding hydrogens is 220 g/mol. The summed E-state index contributed by atoms with van der Waals surface area (Å²) < 4.78 is 5.40. The molecule has 0 aromatic carbocycles. The first-order valence-corrected chi connectivity index (χ1v) is 5.79. The molecule has 0 saturated heterocycles. The van der Waals surface area contributed by atoms with Crippen LogP contribution in [0.15, 0.2) is 0 Å². The van der Waals surface area contributed by atoms with Crippen molar-refractivity contribution in [1.82, 2.24) is 9.80 Å². The average Bonchev–Trinajstić information content (AvgIpc) is 2.20. The van der Waals surface area contributed by atoms with E-state index in [1.165, 1.54) is 9.80 Å². The normalized spacial score (nSPS) is 11.2. The molecule has 2 amide bonds. The fraction of sp³-hybridized carbons (Fsp3) is 0.833. The van der Waals surface area contributed by atoms with E-state index in [1.807, 2.05) is 27.7 Å². The zero-order valence-corrected chi connectivity index (χ0v) is 11.7. The Kier molecular flexibility index (Phi) is 6.16. The quantitative estimate of drug-likeness (QED) is 0.716. The van der Waals surface area contributed by atoms with Gasteiger partial charge in [-0.25, -0.2) is 0 Å². The summed E-state index contributed by atoms with van der Waals surface area (Å²) in [5, 5.41) is 0. The van der Waals surface area contributed by atoms with Crippen molar-refractivity contribution in [2.24, 2.45) is 0 Å². The maximum Gasteiger partial charge on any atom is 0.249 e. The van der Waals surface area contributed by atoms with E-state index < -0.39 is 0 Å². The molecule has 5 heteroatoms. The molecule has 0 atom stereocenters. The minimum atomic E-state index is -0.347. The van der Waals surface area contributed by atoms with Crippen LogP contribution in [0.3, 0.4) is 0 Å². The van der Waals surface area contributed by atoms with E-state index >= 15 is 0 Å². The van der Waals surface area contributed by atoms with Gasteiger partial charge in [-0.05, 0) is 27.7 Å². The van der Waals surface area contributed by atoms with Gasteiger partial charge in [0.1, 0.15) is 6.61 Å². The van der Waals surface area contributed by atoms with Crippen molar-refractivity contribution >= 4 is 11.8 Å². The van der Waals surface area contributed by atoms with Crippen LogP contribution in [0.5, 0.6) is 0 Å². The third-order valence-corrected chi connectivity index (χ3v) is 2.19. The third-order valence-electron chi connectivity index (χ3n) is 2.19. The maximum atomic E-state index is 11.8. The Labute approximate surface area is 104 Å². The van der Waals surface area contributed by atoms with Crippen LogP contribution in [0.4, 0.5) is 0 Å². The Morgan fingerprint density at radius 2 is 1.65 bits per heavy atom. The lowest BCUT2D eigenvalue weighted by atomic mass is 10.2. The van der Waals surface area contributed by atoms with Crippen LogP contribution >= 0.6 is 0 Å². The summed E-state index contributed by atoms with van der Waals surface area (Å²) in [5.74, 6) is -0.242. The fourth-order valence-corrected chi connectivity index (χ4v) is 1.05. The molecule has 0 fully saturated rings. The highest BCUT2D eigenvalue weighted by molar-refractivity contribution is 5.85. The highest BCUT2D eigenvalue weighted by atomic mass is 16.5. The first-order chi connectivity index (χ1) is 7.67. The van der Waals surface area contributed by atoms with E-state index in [0.717, 1.165) is 0 Å². The highest BCUT2D eigenvalue weighted by Crippen LogP contribution is 2.06. The van der Waals surface area contributed by atoms with Gasteiger partial charge in [-0.2, -0.15) is 0 Å². The van der Waals surface area contributed by atoms with Gasteiger partial charge in [-0.3, -0.25) is 9.59 Å². The molecule has 0 spiro atoms. The molecule has 0 aromatic heterocycles. The SMILES string of the molecule is CCN(CC(=O)N(C)C)C(=O)COC(C)(C)C. The summed E-state index contributed by atoms with van der Waals surface area (Å²) in [5.41, 5.74) is -0.347. The van der Waals surface area contributed by atoms with Crippen molar-refractivity contribution in [2.75, 3.05) is 33.8 Å². The number of carbonyl (C=O) groups excluding carboxylic acids is 2. The fourth-order valence-electron chi connectivity index (χ4n) is 1.05. The lowest BCUT2D eigenvalue weighted by Crippen LogP contribution is -2.42. The first kappa shape index (κ1) is 15.9. The summed E-state index contributed by atoms with van der Waals surface area (Å²) >= 11 is 0. The van der Waals surface area contributed by atoms with Crippen LogP contribution in [0.25, 0.3) is 0 Å². The van der Waals surface area contributed by atoms with Gasteiger partial charge in [0, 0.05) is 20.6 Å². The summed E-state index contributed by atoms with van der Waals surface area (Å²) in [6.07, 6.45) is 0. The maximum absolute atomic E-state index is 11.8. The van der Waals surface area contributed by atoms with Crippen LogP contribution in [0.1, 0.15) is 27.7 Å². The second-order valence-corrected chi connectivity index (χ2v) is 5.10. The molecule has 0 aromatic rings. The van der Waals surface area contributed by atoms with Crippen molar-refractivity contribution in [1.29, 1.82) is 0 Å². The Morgan fingerprint density at radius 3 is 2.00 bits per heavy atom. The van der Waals surface area contributed by atoms with Crippen LogP contribution in [0, 0.1) is 0 Å². The summed E-state index contributed by atoms with van der Waals surface area (Å²) in [6.45, 7) is 8.14. The standard InChI is InChI=1S/C12H24N2O3/c1-7-14(8-10(15)13(5)6)11(16)9-17-12(2,3)4/h7-9H2,1-6H3. The van der Waals surface area contributed by atoms with Gasteiger partial charge in [-0.15, -0.1) is 0 Å². The molecule has 100 valence electrons. The summed E-state index contributed by atoms with van der Waals surface area (Å²) in [6, 6.07) is 0. The number of amides is 2. The van der Waals surface area contributed by atoms with Crippen LogP contribution in [-0.2, 0) is 14.3 Å². The second kappa shape index (κ2) is 6.59. The van der Waals surface area contributed by atoms with Crippen LogP contribution in [0.2, 0.25) is 0 Å². The molecule has 0 N–H and O–H groups in total. The van der Waals surface area contributed by atoms with Crippen molar-refractivity contribution in [3.63, 3.8) is 0 Å². The minimum absolute atomic E-state index is 0.0120. The molecule has 0 unspecified atom stereocenters. The smallest absolute Gasteiger partial charge is 0.249 e. The highest BCUT2D eigenvalue weighted by Gasteiger charge is 2.19. The molecule has 0 aliphatic rings. The summed E-state index contributed by atoms with van der Waals surface area (Å²) in [4.78, 5) is 26.3. The molecule has 0 bridgehead atoms. The van der Waals surface area contributed by atoms with Crippen LogP contribution < -0.4 is 0 Å². The van der Waals surface area contributed by atoms with Gasteiger partial charge in [0.05, 0.1) is 12.1 Å². The van der Waals surface area contributed by atoms with Crippen molar-refractivity contribution < 1.29 is 14.3 Å². The van der Waals surface area contributed by atoms with Gasteiger partial charge in [-0.1, -0.05) is 0 Å². The lowest BCUT2D eigenvalue weighted by Gasteiger charge is -2.25. The minimum Gasteiger partial charge on any atom is -0.366 e. The van der Waals surface area contributed by atoms with E-state index in [4.69, 9.17) is 4.74 Å². The van der Waals surface area contributed by atoms with Crippen LogP contribution in [-0.4, -0.2) is 61.0 Å². The second-order valence-electron chi connectivity index (χ2n) is 5.10. The Balaban J connectivity index is 4.27. The molecule has 0 aliphatic carbocycles. The predicted molar refractivity (Wildman–Crippen MR) is 66.7 cm³/mol. The van der Waals surface area contributed by atoms with Gasteiger partial charge >= 0.3 is 0 Å². The van der Waals surface area contributed by atoms with Crippen molar-refractivity contribution in [3.8, 4) is 0 Å². The number of hydrogen-bond donors (Lipinski definition) is 0. The van der Waals surface area contributed by atoms with E-state index in [0.29, 0.717) is 6.54 Å². The molecular formula is C12H24N2O3. The lowest BCUT2D eigenvalue weighted by molar-refractivity contribution is -0.145. The Hall–Kier alpha value is -1.10. The Morgan fingerprint density at radius 1 is 1.12 bits per heavy atom. The molecule has 5 nitrogen and oxygen atoms in total. The third kappa shape index (κ3) is 6.94. The molecule has 0 aliphatic heterocycles. The average molecular weight is 244 g/mol. The van der Waals surface area contributed by atoms with Gasteiger partial charge in [0.2, 0.25) is 11.8 Å². The molecule has 0 saturated carbocycles. The molecule has 0 radical (unpaired) electrons.